The van der Waals surface area contributed by atoms with Gasteiger partial charge in [-0.2, -0.15) is 13.2 Å². The van der Waals surface area contributed by atoms with Crippen molar-refractivity contribution in [2.45, 2.75) is 25.6 Å². The monoisotopic (exact) mass is 364 g/mol. The van der Waals surface area contributed by atoms with Crippen molar-refractivity contribution in [1.82, 2.24) is 10.6 Å². The minimum absolute atomic E-state index is 0. The Morgan fingerprint density at radius 3 is 2.71 bits per heavy atom. The highest BCUT2D eigenvalue weighted by atomic mass is 35.5. The van der Waals surface area contributed by atoms with Gasteiger partial charge in [0.05, 0.1) is 5.56 Å². The lowest BCUT2D eigenvalue weighted by Gasteiger charge is -2.19. The van der Waals surface area contributed by atoms with Gasteiger partial charge in [-0.25, -0.2) is 0 Å². The number of carbonyl (C=O) groups is 1. The molecule has 8 heteroatoms. The van der Waals surface area contributed by atoms with Crippen LogP contribution in [0.3, 0.4) is 0 Å². The van der Waals surface area contributed by atoms with Crippen LogP contribution in [0.15, 0.2) is 35.9 Å². The molecule has 0 radical (unpaired) electrons. The van der Waals surface area contributed by atoms with E-state index in [2.05, 4.69) is 10.6 Å². The number of nitrogens with one attached hydrogen (secondary N) is 2. The highest BCUT2D eigenvalue weighted by Crippen LogP contribution is 2.36. The molecule has 2 N–H and O–H groups in total. The molecule has 1 amide bonds. The van der Waals surface area contributed by atoms with Gasteiger partial charge in [0.25, 0.3) is 5.91 Å². The molecule has 0 saturated carbocycles. The Hall–Kier alpha value is -1.73. The van der Waals surface area contributed by atoms with E-state index in [0.29, 0.717) is 6.54 Å². The van der Waals surface area contributed by atoms with Crippen molar-refractivity contribution in [2.75, 3.05) is 19.6 Å². The first kappa shape index (κ1) is 20.3. The predicted octanol–water partition coefficient (Wildman–Crippen LogP) is 2.93. The Balaban J connectivity index is 0.00000288. The number of hydrogen-bond donors (Lipinski definition) is 2. The molecule has 0 saturated heterocycles. The third kappa shape index (κ3) is 5.72. The molecule has 1 aromatic carbocycles. The molecule has 0 aromatic heterocycles. The quantitative estimate of drug-likeness (QED) is 0.790. The second kappa shape index (κ2) is 8.94. The molecule has 134 valence electrons. The number of alkyl halides is 3. The van der Waals surface area contributed by atoms with Crippen LogP contribution in [-0.4, -0.2) is 31.6 Å². The molecule has 1 unspecified atom stereocenters. The molecular formula is C16H20ClF3N2O2. The standard InChI is InChI=1S/C16H19F3N2O2.ClH/c1-11(15(22)21-10-12-6-8-20-9-7-12)23-14-5-3-2-4-13(14)16(17,18)19;/h2-6,11,20H,7-10H2,1H3,(H,21,22);1H. The summed E-state index contributed by atoms with van der Waals surface area (Å²) in [5.41, 5.74) is 0.209. The van der Waals surface area contributed by atoms with Gasteiger partial charge in [-0.1, -0.05) is 23.8 Å². The molecule has 24 heavy (non-hydrogen) atoms. The number of ether oxygens (including phenoxy) is 1. The lowest BCUT2D eigenvalue weighted by atomic mass is 10.1. The molecule has 2 rings (SSSR count). The number of carbonyl (C=O) groups excluding carboxylic acids is 1. The van der Waals surface area contributed by atoms with Gasteiger partial charge in [0, 0.05) is 13.1 Å². The van der Waals surface area contributed by atoms with Crippen LogP contribution < -0.4 is 15.4 Å². The number of hydrogen-bond acceptors (Lipinski definition) is 3. The summed E-state index contributed by atoms with van der Waals surface area (Å²) in [4.78, 5) is 12.0. The second-order valence-corrected chi connectivity index (χ2v) is 5.29. The normalized spacial score (nSPS) is 15.8. The minimum atomic E-state index is -4.52. The number of rotatable bonds is 5. The molecule has 1 aromatic rings. The van der Waals surface area contributed by atoms with E-state index in [-0.39, 0.29) is 18.2 Å². The van der Waals surface area contributed by atoms with Crippen LogP contribution in [0.5, 0.6) is 5.75 Å². The summed E-state index contributed by atoms with van der Waals surface area (Å²) in [6.45, 7) is 3.43. The maximum Gasteiger partial charge on any atom is 0.419 e. The smallest absolute Gasteiger partial charge is 0.419 e. The summed E-state index contributed by atoms with van der Waals surface area (Å²) in [6.07, 6.45) is -2.70. The SMILES string of the molecule is CC(Oc1ccccc1C(F)(F)F)C(=O)NCC1=CCNCC1.Cl. The van der Waals surface area contributed by atoms with Crippen LogP contribution >= 0.6 is 12.4 Å². The fraction of sp³-hybridized carbons (Fsp3) is 0.438. The van der Waals surface area contributed by atoms with E-state index in [9.17, 15) is 18.0 Å². The molecule has 0 fully saturated rings. The lowest BCUT2D eigenvalue weighted by Crippen LogP contribution is -2.38. The molecule has 4 nitrogen and oxygen atoms in total. The van der Waals surface area contributed by atoms with Crippen molar-refractivity contribution in [3.05, 3.63) is 41.5 Å². The van der Waals surface area contributed by atoms with Crippen LogP contribution in [0.25, 0.3) is 0 Å². The first-order chi connectivity index (χ1) is 10.9. The van der Waals surface area contributed by atoms with Crippen molar-refractivity contribution in [3.63, 3.8) is 0 Å². The summed E-state index contributed by atoms with van der Waals surface area (Å²) in [7, 11) is 0. The molecule has 1 atom stereocenters. The van der Waals surface area contributed by atoms with Crippen LogP contribution in [0.1, 0.15) is 18.9 Å². The molecule has 0 aliphatic carbocycles. The lowest BCUT2D eigenvalue weighted by molar-refractivity contribution is -0.140. The Bertz CT molecular complexity index is 591. The van der Waals surface area contributed by atoms with Gasteiger partial charge in [0.1, 0.15) is 5.75 Å². The summed E-state index contributed by atoms with van der Waals surface area (Å²) in [5, 5.41) is 5.85. The van der Waals surface area contributed by atoms with Crippen molar-refractivity contribution >= 4 is 18.3 Å². The predicted molar refractivity (Wildman–Crippen MR) is 87.4 cm³/mol. The van der Waals surface area contributed by atoms with Crippen molar-refractivity contribution in [1.29, 1.82) is 0 Å². The largest absolute Gasteiger partial charge is 0.480 e. The first-order valence-electron chi connectivity index (χ1n) is 7.37. The van der Waals surface area contributed by atoms with Crippen LogP contribution in [0.2, 0.25) is 0 Å². The van der Waals surface area contributed by atoms with Crippen molar-refractivity contribution < 1.29 is 22.7 Å². The maximum atomic E-state index is 12.9. The molecular weight excluding hydrogens is 345 g/mol. The van der Waals surface area contributed by atoms with E-state index in [1.807, 2.05) is 6.08 Å². The third-order valence-corrected chi connectivity index (χ3v) is 3.51. The topological polar surface area (TPSA) is 50.4 Å². The van der Waals surface area contributed by atoms with Crippen molar-refractivity contribution in [2.24, 2.45) is 0 Å². The van der Waals surface area contributed by atoms with E-state index in [4.69, 9.17) is 4.74 Å². The number of halogens is 4. The van der Waals surface area contributed by atoms with Gasteiger partial charge < -0.3 is 15.4 Å². The van der Waals surface area contributed by atoms with E-state index < -0.39 is 23.8 Å². The highest BCUT2D eigenvalue weighted by Gasteiger charge is 2.34. The number of benzene rings is 1. The van der Waals surface area contributed by atoms with E-state index >= 15 is 0 Å². The van der Waals surface area contributed by atoms with Crippen LogP contribution in [-0.2, 0) is 11.0 Å². The van der Waals surface area contributed by atoms with E-state index in [1.54, 1.807) is 0 Å². The molecule has 1 aliphatic heterocycles. The number of amides is 1. The van der Waals surface area contributed by atoms with Crippen LogP contribution in [0.4, 0.5) is 13.2 Å². The average molecular weight is 365 g/mol. The Morgan fingerprint density at radius 1 is 1.38 bits per heavy atom. The molecule has 1 aliphatic rings. The molecule has 1 heterocycles. The second-order valence-electron chi connectivity index (χ2n) is 5.29. The molecule has 0 bridgehead atoms. The van der Waals surface area contributed by atoms with Gasteiger partial charge in [0.15, 0.2) is 6.10 Å². The molecule has 0 spiro atoms. The van der Waals surface area contributed by atoms with Gasteiger partial charge in [-0.3, -0.25) is 4.79 Å². The van der Waals surface area contributed by atoms with Gasteiger partial charge in [-0.15, -0.1) is 12.4 Å². The fourth-order valence-electron chi connectivity index (χ4n) is 2.22. The zero-order chi connectivity index (χ0) is 16.9. The Kier molecular flexibility index (Phi) is 7.57. The summed E-state index contributed by atoms with van der Waals surface area (Å²) < 4.78 is 43.9. The van der Waals surface area contributed by atoms with Gasteiger partial charge >= 0.3 is 6.18 Å². The summed E-state index contributed by atoms with van der Waals surface area (Å²) in [6, 6.07) is 4.86. The summed E-state index contributed by atoms with van der Waals surface area (Å²) in [5.74, 6) is -0.787. The van der Waals surface area contributed by atoms with Crippen molar-refractivity contribution in [3.8, 4) is 5.75 Å². The fourth-order valence-corrected chi connectivity index (χ4v) is 2.22. The Morgan fingerprint density at radius 2 is 2.08 bits per heavy atom. The van der Waals surface area contributed by atoms with E-state index in [0.717, 1.165) is 31.1 Å². The summed E-state index contributed by atoms with van der Waals surface area (Å²) >= 11 is 0. The van der Waals surface area contributed by atoms with Crippen LogP contribution in [0, 0.1) is 0 Å². The van der Waals surface area contributed by atoms with Gasteiger partial charge in [0.2, 0.25) is 0 Å². The third-order valence-electron chi connectivity index (χ3n) is 3.51. The number of para-hydroxylation sites is 1. The van der Waals surface area contributed by atoms with E-state index in [1.165, 1.54) is 25.1 Å². The minimum Gasteiger partial charge on any atom is -0.480 e. The highest BCUT2D eigenvalue weighted by molar-refractivity contribution is 5.85. The average Bonchev–Trinajstić information content (AvgIpc) is 2.53. The first-order valence-corrected chi connectivity index (χ1v) is 7.37. The Labute approximate surface area is 144 Å². The zero-order valence-electron chi connectivity index (χ0n) is 13.2. The maximum absolute atomic E-state index is 12.9. The zero-order valence-corrected chi connectivity index (χ0v) is 14.0. The van der Waals surface area contributed by atoms with Gasteiger partial charge in [-0.05, 0) is 32.0 Å².